The molecule has 0 aliphatic heterocycles. The number of hydrogen-bond acceptors (Lipinski definition) is 4. The lowest BCUT2D eigenvalue weighted by atomic mass is 10.2. The van der Waals surface area contributed by atoms with E-state index in [-0.39, 0.29) is 11.7 Å². The summed E-state index contributed by atoms with van der Waals surface area (Å²) < 4.78 is 18.1. The summed E-state index contributed by atoms with van der Waals surface area (Å²) in [6.45, 7) is 0.424. The molecule has 0 N–H and O–H groups in total. The van der Waals surface area contributed by atoms with Gasteiger partial charge in [-0.05, 0) is 42.5 Å². The molecule has 0 atom stereocenters. The van der Waals surface area contributed by atoms with Gasteiger partial charge in [0.2, 0.25) is 0 Å². The number of nitrogens with zero attached hydrogens (tertiary/aromatic N) is 3. The van der Waals surface area contributed by atoms with Crippen LogP contribution in [-0.4, -0.2) is 34.5 Å². The predicted molar refractivity (Wildman–Crippen MR) is 91.8 cm³/mol. The van der Waals surface area contributed by atoms with Crippen LogP contribution in [0.4, 0.5) is 4.39 Å². The zero-order valence-electron chi connectivity index (χ0n) is 13.4. The van der Waals surface area contributed by atoms with Crippen molar-refractivity contribution in [2.45, 2.75) is 6.42 Å². The van der Waals surface area contributed by atoms with Gasteiger partial charge in [-0.15, -0.1) is 0 Å². The summed E-state index contributed by atoms with van der Waals surface area (Å²) in [6, 6.07) is 12.6. The van der Waals surface area contributed by atoms with Crippen molar-refractivity contribution in [2.24, 2.45) is 0 Å². The van der Waals surface area contributed by atoms with E-state index in [4.69, 9.17) is 16.1 Å². The third-order valence-corrected chi connectivity index (χ3v) is 3.88. The first-order chi connectivity index (χ1) is 12.0. The van der Waals surface area contributed by atoms with Crippen molar-refractivity contribution in [3.8, 4) is 11.5 Å². The Morgan fingerprint density at radius 2 is 2.00 bits per heavy atom. The molecule has 0 aliphatic rings. The maximum absolute atomic E-state index is 12.9. The van der Waals surface area contributed by atoms with E-state index in [1.165, 1.54) is 12.1 Å². The first-order valence-electron chi connectivity index (χ1n) is 7.62. The summed E-state index contributed by atoms with van der Waals surface area (Å²) in [4.78, 5) is 18.2. The lowest BCUT2D eigenvalue weighted by molar-refractivity contribution is 0.0796. The highest BCUT2D eigenvalue weighted by molar-refractivity contribution is 6.30. The van der Waals surface area contributed by atoms with E-state index in [0.717, 1.165) is 0 Å². The van der Waals surface area contributed by atoms with Crippen LogP contribution in [0, 0.1) is 5.82 Å². The highest BCUT2D eigenvalue weighted by Crippen LogP contribution is 2.18. The second-order valence-corrected chi connectivity index (χ2v) is 5.95. The molecule has 1 heterocycles. The monoisotopic (exact) mass is 359 g/mol. The van der Waals surface area contributed by atoms with Gasteiger partial charge in [0.15, 0.2) is 5.82 Å². The Labute approximate surface area is 149 Å². The van der Waals surface area contributed by atoms with Gasteiger partial charge in [0.05, 0.1) is 0 Å². The number of hydrogen-bond donors (Lipinski definition) is 0. The summed E-state index contributed by atoms with van der Waals surface area (Å²) >= 11 is 5.91. The van der Waals surface area contributed by atoms with Gasteiger partial charge in [0, 0.05) is 36.2 Å². The molecular formula is C18H15ClFN3O2. The zero-order chi connectivity index (χ0) is 17.8. The van der Waals surface area contributed by atoms with Crippen LogP contribution in [0.3, 0.4) is 0 Å². The molecule has 5 nitrogen and oxygen atoms in total. The first-order valence-corrected chi connectivity index (χ1v) is 8.00. The molecule has 0 saturated heterocycles. The fraction of sp³-hybridized carbons (Fsp3) is 0.167. The molecule has 0 saturated carbocycles. The van der Waals surface area contributed by atoms with Crippen molar-refractivity contribution in [3.63, 3.8) is 0 Å². The van der Waals surface area contributed by atoms with E-state index in [2.05, 4.69) is 10.1 Å². The van der Waals surface area contributed by atoms with Crippen molar-refractivity contribution in [1.29, 1.82) is 0 Å². The molecule has 1 aromatic heterocycles. The van der Waals surface area contributed by atoms with Crippen LogP contribution in [0.2, 0.25) is 5.02 Å². The molecule has 0 radical (unpaired) electrons. The van der Waals surface area contributed by atoms with Crippen LogP contribution < -0.4 is 0 Å². The maximum Gasteiger partial charge on any atom is 0.257 e. The van der Waals surface area contributed by atoms with E-state index in [9.17, 15) is 9.18 Å². The molecule has 0 bridgehead atoms. The Morgan fingerprint density at radius 1 is 1.24 bits per heavy atom. The molecule has 128 valence electrons. The van der Waals surface area contributed by atoms with E-state index in [1.54, 1.807) is 48.3 Å². The average Bonchev–Trinajstić information content (AvgIpc) is 3.08. The smallest absolute Gasteiger partial charge is 0.257 e. The Kier molecular flexibility index (Phi) is 5.09. The van der Waals surface area contributed by atoms with Crippen molar-refractivity contribution in [3.05, 3.63) is 70.8 Å². The van der Waals surface area contributed by atoms with Gasteiger partial charge in [-0.25, -0.2) is 4.39 Å². The fourth-order valence-corrected chi connectivity index (χ4v) is 2.47. The second-order valence-electron chi connectivity index (χ2n) is 5.51. The molecular weight excluding hydrogens is 345 g/mol. The number of carbonyl (C=O) groups is 1. The standard InChI is InChI=1S/C18H15ClFN3O2/c1-23(18(24)13-3-2-4-14(19)11-13)10-9-16-21-17(25-22-16)12-5-7-15(20)8-6-12/h2-8,11H,9-10H2,1H3. The number of amides is 1. The minimum atomic E-state index is -0.329. The molecule has 0 spiro atoms. The summed E-state index contributed by atoms with van der Waals surface area (Å²) in [5.74, 6) is 0.332. The topological polar surface area (TPSA) is 59.2 Å². The van der Waals surface area contributed by atoms with Gasteiger partial charge in [-0.2, -0.15) is 4.98 Å². The van der Waals surface area contributed by atoms with E-state index in [1.807, 2.05) is 0 Å². The molecule has 0 fully saturated rings. The van der Waals surface area contributed by atoms with E-state index < -0.39 is 0 Å². The molecule has 7 heteroatoms. The molecule has 2 aromatic carbocycles. The first kappa shape index (κ1) is 17.1. The number of halogens is 2. The molecule has 3 rings (SSSR count). The summed E-state index contributed by atoms with van der Waals surface area (Å²) in [5.41, 5.74) is 1.17. The van der Waals surface area contributed by atoms with Crippen molar-refractivity contribution in [1.82, 2.24) is 15.0 Å². The van der Waals surface area contributed by atoms with Gasteiger partial charge in [0.25, 0.3) is 11.8 Å². The summed E-state index contributed by atoms with van der Waals surface area (Å²) in [5, 5.41) is 4.41. The zero-order valence-corrected chi connectivity index (χ0v) is 14.2. The van der Waals surface area contributed by atoms with Gasteiger partial charge < -0.3 is 9.42 Å². The van der Waals surface area contributed by atoms with Crippen LogP contribution in [0.25, 0.3) is 11.5 Å². The van der Waals surface area contributed by atoms with E-state index in [0.29, 0.717) is 40.8 Å². The molecule has 1 amide bonds. The van der Waals surface area contributed by atoms with Crippen LogP contribution in [0.5, 0.6) is 0 Å². The SMILES string of the molecule is CN(CCc1noc(-c2ccc(F)cc2)n1)C(=O)c1cccc(Cl)c1. The lowest BCUT2D eigenvalue weighted by Gasteiger charge is -2.16. The Hall–Kier alpha value is -2.73. The Balaban J connectivity index is 1.62. The summed E-state index contributed by atoms with van der Waals surface area (Å²) in [6.07, 6.45) is 0.438. The van der Waals surface area contributed by atoms with Crippen LogP contribution in [-0.2, 0) is 6.42 Å². The van der Waals surface area contributed by atoms with Gasteiger partial charge >= 0.3 is 0 Å². The maximum atomic E-state index is 12.9. The van der Waals surface area contributed by atoms with Crippen molar-refractivity contribution >= 4 is 17.5 Å². The quantitative estimate of drug-likeness (QED) is 0.694. The van der Waals surface area contributed by atoms with Crippen LogP contribution >= 0.6 is 11.6 Å². The highest BCUT2D eigenvalue weighted by atomic mass is 35.5. The Bertz CT molecular complexity index is 880. The molecule has 0 unspecified atom stereocenters. The third-order valence-electron chi connectivity index (χ3n) is 3.65. The van der Waals surface area contributed by atoms with Gasteiger partial charge in [-0.3, -0.25) is 4.79 Å². The number of aromatic nitrogens is 2. The predicted octanol–water partition coefficient (Wildman–Crippen LogP) is 3.84. The number of rotatable bonds is 5. The van der Waals surface area contributed by atoms with Crippen LogP contribution in [0.15, 0.2) is 53.1 Å². The number of likely N-dealkylation sites (N-methyl/N-ethyl adjacent to an activating group) is 1. The minimum absolute atomic E-state index is 0.134. The molecule has 25 heavy (non-hydrogen) atoms. The molecule has 0 aliphatic carbocycles. The van der Waals surface area contributed by atoms with Gasteiger partial charge in [-0.1, -0.05) is 22.8 Å². The molecule has 3 aromatic rings. The number of benzene rings is 2. The minimum Gasteiger partial charge on any atom is -0.341 e. The van der Waals surface area contributed by atoms with Crippen LogP contribution in [0.1, 0.15) is 16.2 Å². The fourth-order valence-electron chi connectivity index (χ4n) is 2.28. The Morgan fingerprint density at radius 3 is 2.72 bits per heavy atom. The normalized spacial score (nSPS) is 10.7. The largest absolute Gasteiger partial charge is 0.341 e. The average molecular weight is 360 g/mol. The number of carbonyl (C=O) groups excluding carboxylic acids is 1. The second kappa shape index (κ2) is 7.44. The van der Waals surface area contributed by atoms with Crippen molar-refractivity contribution in [2.75, 3.05) is 13.6 Å². The van der Waals surface area contributed by atoms with E-state index >= 15 is 0 Å². The van der Waals surface area contributed by atoms with Crippen molar-refractivity contribution < 1.29 is 13.7 Å². The third kappa shape index (κ3) is 4.22. The summed E-state index contributed by atoms with van der Waals surface area (Å²) in [7, 11) is 1.70. The lowest BCUT2D eigenvalue weighted by Crippen LogP contribution is -2.29. The van der Waals surface area contributed by atoms with Gasteiger partial charge in [0.1, 0.15) is 5.82 Å². The highest BCUT2D eigenvalue weighted by Gasteiger charge is 2.14.